The van der Waals surface area contributed by atoms with Crippen molar-refractivity contribution >= 4 is 13.3 Å². The molecule has 2 atom stereocenters. The van der Waals surface area contributed by atoms with E-state index >= 15 is 0 Å². The van der Waals surface area contributed by atoms with Crippen LogP contribution in [0.5, 0.6) is 0 Å². The Bertz CT molecular complexity index is 604. The molecule has 0 saturated heterocycles. The van der Waals surface area contributed by atoms with E-state index < -0.39 is 13.4 Å². The molecule has 2 aromatic rings. The third-order valence-corrected chi connectivity index (χ3v) is 5.07. The van der Waals surface area contributed by atoms with Crippen LogP contribution in [-0.2, 0) is 9.09 Å². The Morgan fingerprint density at radius 1 is 1.09 bits per heavy atom. The fraction of sp³-hybridized carbons (Fsp3) is 0.294. The zero-order chi connectivity index (χ0) is 15.8. The van der Waals surface area contributed by atoms with E-state index in [1.807, 2.05) is 67.6 Å². The Morgan fingerprint density at radius 3 is 2.27 bits per heavy atom. The number of hydrogen-bond donors (Lipinski definition) is 1. The van der Waals surface area contributed by atoms with Crippen LogP contribution < -0.4 is 10.2 Å². The van der Waals surface area contributed by atoms with E-state index in [0.717, 1.165) is 24.1 Å². The number of unbranched alkanes of at least 4 members (excludes halogenated alkanes) is 1. The van der Waals surface area contributed by atoms with Crippen LogP contribution in [0.25, 0.3) is 0 Å². The maximum atomic E-state index is 12.6. The number of benzene rings is 2. The average molecular weight is 319 g/mol. The maximum absolute atomic E-state index is 12.6. The summed E-state index contributed by atoms with van der Waals surface area (Å²) in [6.07, 6.45) is 1.64. The van der Waals surface area contributed by atoms with Crippen LogP contribution in [0.2, 0.25) is 0 Å². The van der Waals surface area contributed by atoms with Crippen LogP contribution in [-0.4, -0.2) is 6.61 Å². The van der Waals surface area contributed by atoms with Gasteiger partial charge in [-0.15, -0.1) is 0 Å². The van der Waals surface area contributed by atoms with Crippen LogP contribution in [0.15, 0.2) is 60.7 Å². The van der Waals surface area contributed by atoms with E-state index in [4.69, 9.17) is 4.52 Å². The van der Waals surface area contributed by atoms with Gasteiger partial charge < -0.3 is 19.3 Å². The monoisotopic (exact) mass is 319 g/mol. The molecule has 0 fully saturated rings. The second-order valence-electron chi connectivity index (χ2n) is 5.16. The molecule has 2 aromatic carbocycles. The summed E-state index contributed by atoms with van der Waals surface area (Å²) in [5.74, 6) is -0.770. The summed E-state index contributed by atoms with van der Waals surface area (Å²) in [6, 6.07) is 18.7. The normalized spacial score (nSPS) is 15.2. The number of nitrogens with two attached hydrogens (primary N) is 1. The summed E-state index contributed by atoms with van der Waals surface area (Å²) in [5.41, 5.74) is 1.59. The Hall–Kier alpha value is -1.45. The molecule has 0 aromatic heterocycles. The number of quaternary nitrogens is 1. The highest BCUT2D eigenvalue weighted by atomic mass is 31.2. The second kappa shape index (κ2) is 8.25. The standard InChI is InChI=1S/C17H22NO3P/c1-2-3-14-21-22(19,20)17(15-10-6-4-7-11-15)18-16-12-8-5-9-13-16/h4-13,17-18H,2-3,14H2,1H3,(H,19,20). The van der Waals surface area contributed by atoms with Crippen LogP contribution in [0, 0.1) is 0 Å². The molecule has 0 saturated carbocycles. The second-order valence-corrected chi connectivity index (χ2v) is 7.05. The maximum Gasteiger partial charge on any atom is 0.198 e. The fourth-order valence-corrected chi connectivity index (χ4v) is 3.62. The number of rotatable bonds is 8. The highest BCUT2D eigenvalue weighted by Gasteiger charge is 2.29. The minimum Gasteiger partial charge on any atom is -0.774 e. The minimum absolute atomic E-state index is 0.239. The molecule has 0 aliphatic carbocycles. The van der Waals surface area contributed by atoms with Gasteiger partial charge in [-0.1, -0.05) is 61.9 Å². The van der Waals surface area contributed by atoms with Crippen molar-refractivity contribution in [2.45, 2.75) is 25.5 Å². The predicted octanol–water partition coefficient (Wildman–Crippen LogP) is 2.95. The minimum atomic E-state index is -4.03. The lowest BCUT2D eigenvalue weighted by molar-refractivity contribution is -0.601. The smallest absolute Gasteiger partial charge is 0.198 e. The van der Waals surface area contributed by atoms with Gasteiger partial charge in [-0.2, -0.15) is 0 Å². The van der Waals surface area contributed by atoms with Gasteiger partial charge in [0.2, 0.25) is 0 Å². The molecule has 0 heterocycles. The number of para-hydroxylation sites is 1. The highest BCUT2D eigenvalue weighted by Crippen LogP contribution is 2.49. The summed E-state index contributed by atoms with van der Waals surface area (Å²) in [5, 5.41) is 1.75. The SMILES string of the molecule is CCCCOP(=O)([O-])C([NH2+]c1ccccc1)c1ccccc1. The van der Waals surface area contributed by atoms with Gasteiger partial charge in [0, 0.05) is 5.56 Å². The molecule has 0 amide bonds. The van der Waals surface area contributed by atoms with Gasteiger partial charge in [-0.25, -0.2) is 0 Å². The largest absolute Gasteiger partial charge is 0.774 e. The van der Waals surface area contributed by atoms with E-state index in [9.17, 15) is 9.46 Å². The van der Waals surface area contributed by atoms with Crippen molar-refractivity contribution in [3.63, 3.8) is 0 Å². The van der Waals surface area contributed by atoms with Gasteiger partial charge in [0.25, 0.3) is 0 Å². The molecule has 2 rings (SSSR count). The molecular formula is C17H22NO3P. The fourth-order valence-electron chi connectivity index (χ4n) is 2.18. The molecule has 22 heavy (non-hydrogen) atoms. The van der Waals surface area contributed by atoms with Crippen molar-refractivity contribution in [3.8, 4) is 0 Å². The van der Waals surface area contributed by atoms with Crippen LogP contribution >= 0.6 is 7.60 Å². The van der Waals surface area contributed by atoms with Crippen molar-refractivity contribution in [2.75, 3.05) is 6.61 Å². The van der Waals surface area contributed by atoms with E-state index in [2.05, 4.69) is 0 Å². The molecular weight excluding hydrogens is 297 g/mol. The average Bonchev–Trinajstić information content (AvgIpc) is 2.54. The first-order valence-corrected chi connectivity index (χ1v) is 9.15. The van der Waals surface area contributed by atoms with Crippen LogP contribution in [0.4, 0.5) is 5.69 Å². The molecule has 2 N–H and O–H groups in total. The molecule has 5 heteroatoms. The zero-order valence-electron chi connectivity index (χ0n) is 12.7. The molecule has 118 valence electrons. The van der Waals surface area contributed by atoms with Crippen molar-refractivity contribution in [3.05, 3.63) is 66.2 Å². The molecule has 2 unspecified atom stereocenters. The lowest BCUT2D eigenvalue weighted by atomic mass is 10.2. The summed E-state index contributed by atoms with van der Waals surface area (Å²) >= 11 is 0. The Labute approximate surface area is 131 Å². The van der Waals surface area contributed by atoms with Crippen LogP contribution in [0.3, 0.4) is 0 Å². The van der Waals surface area contributed by atoms with Crippen molar-refractivity contribution in [1.82, 2.24) is 0 Å². The highest BCUT2D eigenvalue weighted by molar-refractivity contribution is 7.51. The quantitative estimate of drug-likeness (QED) is 0.462. The summed E-state index contributed by atoms with van der Waals surface area (Å²) in [4.78, 5) is 12.6. The molecule has 0 radical (unpaired) electrons. The molecule has 0 spiro atoms. The van der Waals surface area contributed by atoms with Crippen LogP contribution in [0.1, 0.15) is 31.1 Å². The first-order valence-electron chi connectivity index (χ1n) is 7.53. The van der Waals surface area contributed by atoms with Gasteiger partial charge in [0.1, 0.15) is 5.69 Å². The third-order valence-electron chi connectivity index (χ3n) is 3.40. The molecule has 0 aliphatic rings. The lowest BCUT2D eigenvalue weighted by Crippen LogP contribution is -2.79. The zero-order valence-corrected chi connectivity index (χ0v) is 13.6. The molecule has 0 bridgehead atoms. The van der Waals surface area contributed by atoms with E-state index in [0.29, 0.717) is 0 Å². The summed E-state index contributed by atoms with van der Waals surface area (Å²) < 4.78 is 17.8. The Morgan fingerprint density at radius 2 is 1.68 bits per heavy atom. The van der Waals surface area contributed by atoms with Gasteiger partial charge in [-0.3, -0.25) is 0 Å². The van der Waals surface area contributed by atoms with Gasteiger partial charge >= 0.3 is 0 Å². The lowest BCUT2D eigenvalue weighted by Gasteiger charge is -2.30. The Kier molecular flexibility index (Phi) is 6.34. The van der Waals surface area contributed by atoms with E-state index in [-0.39, 0.29) is 6.61 Å². The van der Waals surface area contributed by atoms with Crippen molar-refractivity contribution in [1.29, 1.82) is 0 Å². The van der Waals surface area contributed by atoms with E-state index in [1.54, 1.807) is 5.32 Å². The first-order chi connectivity index (χ1) is 10.6. The van der Waals surface area contributed by atoms with E-state index in [1.165, 1.54) is 0 Å². The Balaban J connectivity index is 2.23. The first kappa shape index (κ1) is 16.9. The number of hydrogen-bond acceptors (Lipinski definition) is 3. The van der Waals surface area contributed by atoms with Gasteiger partial charge in [0.15, 0.2) is 13.4 Å². The van der Waals surface area contributed by atoms with Crippen molar-refractivity contribution < 1.29 is 19.3 Å². The third kappa shape index (κ3) is 4.79. The molecule has 4 nitrogen and oxygen atoms in total. The van der Waals surface area contributed by atoms with Gasteiger partial charge in [0.05, 0.1) is 6.61 Å². The predicted molar refractivity (Wildman–Crippen MR) is 85.7 cm³/mol. The summed E-state index contributed by atoms with van der Waals surface area (Å²) in [6.45, 7) is 2.24. The van der Waals surface area contributed by atoms with Crippen molar-refractivity contribution in [2.24, 2.45) is 0 Å². The van der Waals surface area contributed by atoms with Gasteiger partial charge in [-0.05, 0) is 18.6 Å². The topological polar surface area (TPSA) is 66.0 Å². The molecule has 0 aliphatic heterocycles. The summed E-state index contributed by atoms with van der Waals surface area (Å²) in [7, 11) is -4.03.